The molecule has 0 atom stereocenters. The molecule has 4 aromatic rings. The number of amidine groups is 1. The molecule has 0 aliphatic carbocycles. The van der Waals surface area contributed by atoms with Gasteiger partial charge in [-0.2, -0.15) is 0 Å². The summed E-state index contributed by atoms with van der Waals surface area (Å²) in [4.78, 5) is 13.9. The first-order chi connectivity index (χ1) is 19.9. The Kier molecular flexibility index (Phi) is 6.22. The monoisotopic (exact) mass is 541 g/mol. The number of nitrogens with one attached hydrogen (secondary N) is 1. The number of amides is 1. The summed E-state index contributed by atoms with van der Waals surface area (Å²) in [5.74, 6) is 2.52. The molecule has 3 aliphatic heterocycles. The maximum Gasteiger partial charge on any atom is 0.553 e. The fraction of sp³-hybridized carbons (Fsp3) is 0.250. The summed E-state index contributed by atoms with van der Waals surface area (Å²) in [6, 6.07) is 21.1. The molecule has 41 heavy (non-hydrogen) atoms. The molecule has 0 saturated heterocycles. The van der Waals surface area contributed by atoms with Gasteiger partial charge in [0.05, 0.1) is 18.4 Å². The van der Waals surface area contributed by atoms with E-state index in [9.17, 15) is 4.79 Å². The third-order valence-corrected chi connectivity index (χ3v) is 7.88. The van der Waals surface area contributed by atoms with E-state index in [2.05, 4.69) is 112 Å². The van der Waals surface area contributed by atoms with Gasteiger partial charge in [0, 0.05) is 36.4 Å². The smallest absolute Gasteiger partial charge is 0.329 e. The molecule has 0 bridgehead atoms. The second kappa shape index (κ2) is 10.1. The van der Waals surface area contributed by atoms with Crippen LogP contribution in [0.3, 0.4) is 0 Å². The van der Waals surface area contributed by atoms with Crippen molar-refractivity contribution < 1.29 is 9.37 Å². The molecule has 1 amide bonds. The van der Waals surface area contributed by atoms with Gasteiger partial charge in [0.2, 0.25) is 5.91 Å². The van der Waals surface area contributed by atoms with E-state index in [0.717, 1.165) is 71.5 Å². The number of hydrogen-bond acceptors (Lipinski definition) is 3. The van der Waals surface area contributed by atoms with Crippen LogP contribution in [0.2, 0.25) is 0 Å². The minimum absolute atomic E-state index is 0.0810. The lowest BCUT2D eigenvalue weighted by molar-refractivity contribution is -0.550. The fourth-order valence-electron chi connectivity index (χ4n) is 6.05. The van der Waals surface area contributed by atoms with Crippen LogP contribution in [0.25, 0.3) is 11.4 Å². The highest BCUT2D eigenvalue weighted by atomic mass is 16.1. The van der Waals surface area contributed by atoms with E-state index >= 15 is 0 Å². The van der Waals surface area contributed by atoms with Crippen LogP contribution < -0.4 is 5.32 Å². The minimum Gasteiger partial charge on any atom is -0.329 e. The van der Waals surface area contributed by atoms with Crippen LogP contribution in [0.15, 0.2) is 84.7 Å². The Labute approximate surface area is 240 Å². The largest absolute Gasteiger partial charge is 0.553 e. The third-order valence-electron chi connectivity index (χ3n) is 7.88. The Morgan fingerprint density at radius 2 is 1.85 bits per heavy atom. The molecule has 0 saturated carbocycles. The topological polar surface area (TPSA) is 71.0 Å². The predicted molar refractivity (Wildman–Crippen MR) is 161 cm³/mol. The first-order valence-corrected chi connectivity index (χ1v) is 14.2. The molecule has 0 unspecified atom stereocenters. The number of fused-ring (bicyclic) bond motifs is 3. The van der Waals surface area contributed by atoms with Gasteiger partial charge < -0.3 is 9.79 Å². The Morgan fingerprint density at radius 1 is 1.05 bits per heavy atom. The van der Waals surface area contributed by atoms with Crippen LogP contribution in [-0.2, 0) is 24.2 Å². The second-order valence-electron chi connectivity index (χ2n) is 11.3. The summed E-state index contributed by atoms with van der Waals surface area (Å²) in [5.41, 5.74) is 8.98. The number of allylic oxidation sites excluding steroid dienone is 1. The predicted octanol–water partition coefficient (Wildman–Crippen LogP) is 4.42. The standard InChI is InChI=1S/C32H31BN7O/c1-21(2)18-27-20-38(36-35-27)31-15-13-29-32(24-8-10-26(11-9-24)34-22(3)41)28-12-14-30(39(28)33-40(29)31)37-17-16-23-6-4-5-7-25(23)19-37/h4-15,20-21H,16-19H2,1-3H3/p+1. The molecule has 7 rings (SSSR count). The van der Waals surface area contributed by atoms with Gasteiger partial charge in [-0.05, 0) is 59.4 Å². The van der Waals surface area contributed by atoms with Crippen molar-refractivity contribution >= 4 is 30.6 Å². The van der Waals surface area contributed by atoms with Gasteiger partial charge in [0.15, 0.2) is 0 Å². The van der Waals surface area contributed by atoms with Gasteiger partial charge in [-0.3, -0.25) is 14.2 Å². The Bertz CT molecular complexity index is 1760. The second-order valence-corrected chi connectivity index (χ2v) is 11.3. The van der Waals surface area contributed by atoms with Crippen molar-refractivity contribution in [3.63, 3.8) is 0 Å². The van der Waals surface area contributed by atoms with Crippen molar-refractivity contribution in [2.75, 3.05) is 11.9 Å². The van der Waals surface area contributed by atoms with E-state index in [1.165, 1.54) is 18.1 Å². The number of carbonyl (C=O) groups is 1. The molecule has 3 aliphatic rings. The molecule has 1 N–H and O–H groups in total. The number of rotatable bonds is 5. The number of benzene rings is 2. The first-order valence-electron chi connectivity index (χ1n) is 14.2. The van der Waals surface area contributed by atoms with E-state index in [-0.39, 0.29) is 5.91 Å². The van der Waals surface area contributed by atoms with Gasteiger partial charge >= 0.3 is 7.55 Å². The Balaban J connectivity index is 1.33. The first kappa shape index (κ1) is 25.3. The minimum atomic E-state index is -0.0810. The van der Waals surface area contributed by atoms with Crippen molar-refractivity contribution in [1.82, 2.24) is 24.3 Å². The molecular formula is C32H32BN7O+. The van der Waals surface area contributed by atoms with Crippen LogP contribution >= 0.6 is 0 Å². The van der Waals surface area contributed by atoms with Crippen LogP contribution in [0.5, 0.6) is 0 Å². The SMILES string of the molecule is CC(=O)Nc1ccc(C2=C3C=CC(=[N+]4CCc5ccccc5C4)N3[B]n3c2ccc3-n2cc(CC(C)C)nn2)cc1. The molecule has 2 aromatic carbocycles. The fourth-order valence-corrected chi connectivity index (χ4v) is 6.05. The van der Waals surface area contributed by atoms with Crippen LogP contribution in [0.4, 0.5) is 5.69 Å². The normalized spacial score (nSPS) is 17.4. The molecule has 9 heteroatoms. The van der Waals surface area contributed by atoms with Crippen molar-refractivity contribution in [3.05, 3.63) is 113 Å². The van der Waals surface area contributed by atoms with Gasteiger partial charge in [0.25, 0.3) is 5.84 Å². The van der Waals surface area contributed by atoms with Gasteiger partial charge in [-0.1, -0.05) is 55.5 Å². The molecule has 8 nitrogen and oxygen atoms in total. The third kappa shape index (κ3) is 4.61. The van der Waals surface area contributed by atoms with Crippen LogP contribution in [-0.4, -0.2) is 54.7 Å². The van der Waals surface area contributed by atoms with Gasteiger partial charge in [0.1, 0.15) is 18.1 Å². The summed E-state index contributed by atoms with van der Waals surface area (Å²) in [5, 5.41) is 11.8. The number of nitrogens with zero attached hydrogens (tertiary/aromatic N) is 6. The quantitative estimate of drug-likeness (QED) is 0.300. The van der Waals surface area contributed by atoms with E-state index < -0.39 is 0 Å². The number of aromatic nitrogens is 4. The van der Waals surface area contributed by atoms with Crippen molar-refractivity contribution in [3.8, 4) is 5.82 Å². The van der Waals surface area contributed by atoms with Gasteiger partial charge in [-0.25, -0.2) is 4.68 Å². The highest BCUT2D eigenvalue weighted by Crippen LogP contribution is 2.37. The lowest BCUT2D eigenvalue weighted by Crippen LogP contribution is -2.43. The number of carbonyl (C=O) groups excluding carboxylic acids is 1. The molecule has 5 heterocycles. The number of hydrogen-bond donors (Lipinski definition) is 1. The zero-order valence-electron chi connectivity index (χ0n) is 23.6. The molecule has 203 valence electrons. The van der Waals surface area contributed by atoms with Crippen molar-refractivity contribution in [1.29, 1.82) is 0 Å². The summed E-state index contributed by atoms with van der Waals surface area (Å²) in [6.07, 6.45) is 8.39. The van der Waals surface area contributed by atoms with E-state index in [4.69, 9.17) is 0 Å². The zero-order valence-corrected chi connectivity index (χ0v) is 23.6. The summed E-state index contributed by atoms with van der Waals surface area (Å²) < 4.78 is 6.55. The molecule has 0 fully saturated rings. The highest BCUT2D eigenvalue weighted by Gasteiger charge is 2.41. The van der Waals surface area contributed by atoms with Gasteiger partial charge in [-0.15, -0.1) is 5.10 Å². The summed E-state index contributed by atoms with van der Waals surface area (Å²) in [6.45, 7) is 7.75. The van der Waals surface area contributed by atoms with Crippen molar-refractivity contribution in [2.45, 2.75) is 40.2 Å². The van der Waals surface area contributed by atoms with E-state index in [0.29, 0.717) is 5.92 Å². The summed E-state index contributed by atoms with van der Waals surface area (Å²) in [7, 11) is 2.18. The summed E-state index contributed by atoms with van der Waals surface area (Å²) >= 11 is 0. The molecule has 0 spiro atoms. The van der Waals surface area contributed by atoms with E-state index in [1.807, 2.05) is 23.0 Å². The Morgan fingerprint density at radius 3 is 2.63 bits per heavy atom. The van der Waals surface area contributed by atoms with E-state index in [1.54, 1.807) is 0 Å². The average Bonchev–Trinajstić information content (AvgIpc) is 3.70. The van der Waals surface area contributed by atoms with Crippen LogP contribution in [0, 0.1) is 5.92 Å². The number of anilines is 1. The van der Waals surface area contributed by atoms with Crippen LogP contribution in [0.1, 0.15) is 48.8 Å². The maximum absolute atomic E-state index is 11.6. The molecular weight excluding hydrogens is 509 g/mol. The lowest BCUT2D eigenvalue weighted by Gasteiger charge is -2.27. The Hall–Kier alpha value is -4.66. The van der Waals surface area contributed by atoms with Crippen molar-refractivity contribution in [2.24, 2.45) is 5.92 Å². The lowest BCUT2D eigenvalue weighted by atomic mass is 9.91. The molecule has 1 radical (unpaired) electrons. The zero-order chi connectivity index (χ0) is 28.1. The highest BCUT2D eigenvalue weighted by molar-refractivity contribution is 6.40. The maximum atomic E-state index is 11.6. The average molecular weight is 541 g/mol. The molecule has 2 aromatic heterocycles.